The molecule has 0 aliphatic heterocycles. The van der Waals surface area contributed by atoms with Crippen molar-refractivity contribution in [2.24, 2.45) is 0 Å². The van der Waals surface area contributed by atoms with Gasteiger partial charge in [-0.3, -0.25) is 9.48 Å². The van der Waals surface area contributed by atoms with Crippen molar-refractivity contribution in [1.29, 1.82) is 0 Å². The Bertz CT molecular complexity index is 496. The van der Waals surface area contributed by atoms with Gasteiger partial charge in [0.15, 0.2) is 5.69 Å². The van der Waals surface area contributed by atoms with E-state index in [0.29, 0.717) is 5.69 Å². The SMILES string of the molecule is CC(C(=O)Cl)n1nc(C(F)(F)F)c(Br)c1C1CC1. The van der Waals surface area contributed by atoms with Gasteiger partial charge in [0.1, 0.15) is 6.04 Å². The van der Waals surface area contributed by atoms with E-state index in [9.17, 15) is 18.0 Å². The van der Waals surface area contributed by atoms with Crippen molar-refractivity contribution < 1.29 is 18.0 Å². The molecule has 2 rings (SSSR count). The smallest absolute Gasteiger partial charge is 0.279 e. The maximum Gasteiger partial charge on any atom is 0.436 e. The highest BCUT2D eigenvalue weighted by atomic mass is 79.9. The van der Waals surface area contributed by atoms with E-state index in [2.05, 4.69) is 21.0 Å². The first-order chi connectivity index (χ1) is 8.23. The van der Waals surface area contributed by atoms with Crippen LogP contribution >= 0.6 is 27.5 Å². The predicted molar refractivity (Wildman–Crippen MR) is 62.5 cm³/mol. The lowest BCUT2D eigenvalue weighted by Crippen LogP contribution is -2.16. The summed E-state index contributed by atoms with van der Waals surface area (Å²) in [6, 6.07) is -0.908. The largest absolute Gasteiger partial charge is 0.436 e. The van der Waals surface area contributed by atoms with Gasteiger partial charge in [0.25, 0.3) is 0 Å². The van der Waals surface area contributed by atoms with E-state index >= 15 is 0 Å². The molecule has 1 aliphatic rings. The third-order valence-corrected chi connectivity index (χ3v) is 3.91. The number of carbonyl (C=O) groups is 1. The first kappa shape index (κ1) is 13.9. The molecule has 1 aromatic heterocycles. The minimum Gasteiger partial charge on any atom is -0.279 e. The van der Waals surface area contributed by atoms with Crippen LogP contribution in [0.25, 0.3) is 0 Å². The molecule has 0 spiro atoms. The van der Waals surface area contributed by atoms with Crippen LogP contribution in [0.5, 0.6) is 0 Å². The van der Waals surface area contributed by atoms with Crippen LogP contribution in [0.4, 0.5) is 13.2 Å². The van der Waals surface area contributed by atoms with Crippen molar-refractivity contribution in [2.45, 2.75) is 37.9 Å². The number of aromatic nitrogens is 2. The lowest BCUT2D eigenvalue weighted by Gasteiger charge is -2.11. The molecule has 1 unspecified atom stereocenters. The Kier molecular flexibility index (Phi) is 3.48. The molecule has 3 nitrogen and oxygen atoms in total. The van der Waals surface area contributed by atoms with Gasteiger partial charge in [0.2, 0.25) is 5.24 Å². The standard InChI is InChI=1S/C10H9BrClF3N2O/c1-4(9(12)18)17-7(5-2-3-5)6(11)8(16-17)10(13,14)15/h4-5H,2-3H2,1H3. The number of halogens is 5. The number of rotatable bonds is 3. The van der Waals surface area contributed by atoms with Crippen molar-refractivity contribution in [2.75, 3.05) is 0 Å². The fourth-order valence-corrected chi connectivity index (χ4v) is 2.62. The van der Waals surface area contributed by atoms with Crippen LogP contribution in [-0.4, -0.2) is 15.0 Å². The first-order valence-electron chi connectivity index (χ1n) is 5.28. The van der Waals surface area contributed by atoms with Crippen LogP contribution in [-0.2, 0) is 11.0 Å². The number of nitrogens with zero attached hydrogens (tertiary/aromatic N) is 2. The lowest BCUT2D eigenvalue weighted by molar-refractivity contribution is -0.142. The number of alkyl halides is 3. The normalized spacial score (nSPS) is 17.9. The van der Waals surface area contributed by atoms with Gasteiger partial charge in [0.05, 0.1) is 10.2 Å². The summed E-state index contributed by atoms with van der Waals surface area (Å²) in [7, 11) is 0. The zero-order chi connectivity index (χ0) is 13.7. The summed E-state index contributed by atoms with van der Waals surface area (Å²) < 4.78 is 39.3. The Morgan fingerprint density at radius 1 is 1.56 bits per heavy atom. The molecule has 0 aromatic carbocycles. The Morgan fingerprint density at radius 2 is 2.11 bits per heavy atom. The van der Waals surface area contributed by atoms with Crippen molar-refractivity contribution in [3.05, 3.63) is 15.9 Å². The van der Waals surface area contributed by atoms with E-state index < -0.39 is 23.2 Å². The second-order valence-electron chi connectivity index (χ2n) is 4.24. The summed E-state index contributed by atoms with van der Waals surface area (Å²) in [5.41, 5.74) is -0.599. The average molecular weight is 346 g/mol. The van der Waals surface area contributed by atoms with E-state index in [1.54, 1.807) is 0 Å². The number of hydrogen-bond acceptors (Lipinski definition) is 2. The quantitative estimate of drug-likeness (QED) is 0.780. The summed E-state index contributed by atoms with van der Waals surface area (Å²) in [6.45, 7) is 1.43. The number of carbonyl (C=O) groups excluding carboxylic acids is 1. The van der Waals surface area contributed by atoms with E-state index in [1.807, 2.05) is 0 Å². The molecule has 100 valence electrons. The lowest BCUT2D eigenvalue weighted by atomic mass is 10.2. The van der Waals surface area contributed by atoms with E-state index in [1.165, 1.54) is 6.92 Å². The minimum atomic E-state index is -4.55. The van der Waals surface area contributed by atoms with Crippen LogP contribution in [0.1, 0.15) is 43.1 Å². The van der Waals surface area contributed by atoms with Crippen LogP contribution < -0.4 is 0 Å². The number of hydrogen-bond donors (Lipinski definition) is 0. The topological polar surface area (TPSA) is 34.9 Å². The Balaban J connectivity index is 2.55. The third-order valence-electron chi connectivity index (χ3n) is 2.82. The average Bonchev–Trinajstić information content (AvgIpc) is 2.99. The molecule has 8 heteroatoms. The van der Waals surface area contributed by atoms with Gasteiger partial charge in [-0.1, -0.05) is 0 Å². The van der Waals surface area contributed by atoms with Gasteiger partial charge < -0.3 is 0 Å². The highest BCUT2D eigenvalue weighted by Gasteiger charge is 2.42. The van der Waals surface area contributed by atoms with Crippen LogP contribution in [0.2, 0.25) is 0 Å². The fraction of sp³-hybridized carbons (Fsp3) is 0.600. The second kappa shape index (κ2) is 4.52. The summed E-state index contributed by atoms with van der Waals surface area (Å²) in [5, 5.41) is 2.77. The maximum absolute atomic E-state index is 12.8. The van der Waals surface area contributed by atoms with Gasteiger partial charge in [0, 0.05) is 5.92 Å². The van der Waals surface area contributed by atoms with E-state index in [0.717, 1.165) is 17.5 Å². The van der Waals surface area contributed by atoms with Crippen molar-refractivity contribution in [3.8, 4) is 0 Å². The van der Waals surface area contributed by atoms with Gasteiger partial charge in [-0.25, -0.2) is 0 Å². The zero-order valence-corrected chi connectivity index (χ0v) is 11.6. The Hall–Kier alpha value is -0.560. The molecule has 1 aromatic rings. The molecule has 0 radical (unpaired) electrons. The molecule has 0 saturated heterocycles. The van der Waals surface area contributed by atoms with Crippen LogP contribution in [0.3, 0.4) is 0 Å². The van der Waals surface area contributed by atoms with Gasteiger partial charge in [-0.05, 0) is 47.3 Å². The van der Waals surface area contributed by atoms with E-state index in [-0.39, 0.29) is 10.4 Å². The van der Waals surface area contributed by atoms with Crippen molar-refractivity contribution >= 4 is 32.8 Å². The van der Waals surface area contributed by atoms with Crippen molar-refractivity contribution in [1.82, 2.24) is 9.78 Å². The van der Waals surface area contributed by atoms with Gasteiger partial charge >= 0.3 is 6.18 Å². The fourth-order valence-electron chi connectivity index (χ4n) is 1.72. The molecule has 18 heavy (non-hydrogen) atoms. The molecule has 1 fully saturated rings. The monoisotopic (exact) mass is 344 g/mol. The second-order valence-corrected chi connectivity index (χ2v) is 5.41. The molecule has 0 amide bonds. The molecule has 1 aliphatic carbocycles. The highest BCUT2D eigenvalue weighted by molar-refractivity contribution is 9.10. The van der Waals surface area contributed by atoms with E-state index in [4.69, 9.17) is 11.6 Å². The minimum absolute atomic E-state index is 0.0152. The van der Waals surface area contributed by atoms with Crippen molar-refractivity contribution in [3.63, 3.8) is 0 Å². The Morgan fingerprint density at radius 3 is 2.50 bits per heavy atom. The molecule has 1 atom stereocenters. The van der Waals surface area contributed by atoms with Gasteiger partial charge in [-0.2, -0.15) is 18.3 Å². The van der Waals surface area contributed by atoms with Crippen LogP contribution in [0.15, 0.2) is 4.47 Å². The third kappa shape index (κ3) is 2.42. The molecular formula is C10H9BrClF3N2O. The predicted octanol–water partition coefficient (Wildman–Crippen LogP) is 3.87. The highest BCUT2D eigenvalue weighted by Crippen LogP contribution is 2.47. The summed E-state index contributed by atoms with van der Waals surface area (Å²) in [6.07, 6.45) is -2.96. The summed E-state index contributed by atoms with van der Waals surface area (Å²) in [5.74, 6) is 0.0152. The Labute approximate surface area is 114 Å². The first-order valence-corrected chi connectivity index (χ1v) is 6.45. The molecule has 1 saturated carbocycles. The summed E-state index contributed by atoms with van der Waals surface area (Å²) >= 11 is 8.28. The molecule has 0 N–H and O–H groups in total. The summed E-state index contributed by atoms with van der Waals surface area (Å²) in [4.78, 5) is 11.1. The molecular weight excluding hydrogens is 336 g/mol. The zero-order valence-electron chi connectivity index (χ0n) is 9.26. The maximum atomic E-state index is 12.8. The van der Waals surface area contributed by atoms with Crippen LogP contribution in [0, 0.1) is 0 Å². The molecule has 0 bridgehead atoms. The van der Waals surface area contributed by atoms with Gasteiger partial charge in [-0.15, -0.1) is 0 Å². The molecule has 1 heterocycles.